The third kappa shape index (κ3) is 9.48. The summed E-state index contributed by atoms with van der Waals surface area (Å²) < 4.78 is 0. The Morgan fingerprint density at radius 2 is 2.00 bits per heavy atom. The van der Waals surface area contributed by atoms with Crippen molar-refractivity contribution in [2.75, 3.05) is 40.3 Å². The molecule has 84 valence electrons. The van der Waals surface area contributed by atoms with Gasteiger partial charge in [-0.25, -0.2) is 0 Å². The van der Waals surface area contributed by atoms with E-state index in [4.69, 9.17) is 0 Å². The van der Waals surface area contributed by atoms with Crippen molar-refractivity contribution >= 4 is 5.91 Å². The molecule has 0 spiro atoms. The van der Waals surface area contributed by atoms with Gasteiger partial charge in [0.15, 0.2) is 0 Å². The topological polar surface area (TPSA) is 44.4 Å². The maximum absolute atomic E-state index is 11.2. The Labute approximate surface area is 87.0 Å². The van der Waals surface area contributed by atoms with Gasteiger partial charge in [0, 0.05) is 13.1 Å². The molecular weight excluding hydrogens is 178 g/mol. The van der Waals surface area contributed by atoms with Gasteiger partial charge in [0.2, 0.25) is 5.91 Å². The third-order valence-electron chi connectivity index (χ3n) is 1.87. The summed E-state index contributed by atoms with van der Waals surface area (Å²) in [4.78, 5) is 13.2. The van der Waals surface area contributed by atoms with Crippen molar-refractivity contribution in [3.63, 3.8) is 0 Å². The van der Waals surface area contributed by atoms with Crippen molar-refractivity contribution in [1.82, 2.24) is 15.5 Å². The quantitative estimate of drug-likeness (QED) is 0.546. The minimum atomic E-state index is 0.0861. The number of hydrogen-bond acceptors (Lipinski definition) is 3. The summed E-state index contributed by atoms with van der Waals surface area (Å²) in [5, 5.41) is 5.95. The van der Waals surface area contributed by atoms with E-state index in [2.05, 4.69) is 17.6 Å². The zero-order valence-corrected chi connectivity index (χ0v) is 9.60. The molecule has 0 bridgehead atoms. The van der Waals surface area contributed by atoms with Crippen molar-refractivity contribution in [3.8, 4) is 0 Å². The van der Waals surface area contributed by atoms with Crippen LogP contribution in [0.5, 0.6) is 0 Å². The summed E-state index contributed by atoms with van der Waals surface area (Å²) >= 11 is 0. The SMILES string of the molecule is CCCCNCC(=O)NCCN(C)C. The van der Waals surface area contributed by atoms with E-state index in [1.54, 1.807) is 0 Å². The van der Waals surface area contributed by atoms with Gasteiger partial charge >= 0.3 is 0 Å². The molecule has 0 aliphatic rings. The van der Waals surface area contributed by atoms with Crippen LogP contribution in [0, 0.1) is 0 Å². The first-order valence-corrected chi connectivity index (χ1v) is 5.29. The van der Waals surface area contributed by atoms with E-state index in [0.29, 0.717) is 6.54 Å². The second kappa shape index (κ2) is 8.97. The van der Waals surface area contributed by atoms with Crippen LogP contribution in [0.25, 0.3) is 0 Å². The zero-order valence-electron chi connectivity index (χ0n) is 9.60. The zero-order chi connectivity index (χ0) is 10.8. The average molecular weight is 201 g/mol. The van der Waals surface area contributed by atoms with Gasteiger partial charge in [-0.2, -0.15) is 0 Å². The molecule has 0 heterocycles. The van der Waals surface area contributed by atoms with Crippen molar-refractivity contribution < 1.29 is 4.79 Å². The van der Waals surface area contributed by atoms with E-state index in [1.165, 1.54) is 0 Å². The van der Waals surface area contributed by atoms with Crippen LogP contribution in [0.1, 0.15) is 19.8 Å². The molecule has 2 N–H and O–H groups in total. The van der Waals surface area contributed by atoms with Crippen molar-refractivity contribution in [2.24, 2.45) is 0 Å². The van der Waals surface area contributed by atoms with Crippen LogP contribution in [0.3, 0.4) is 0 Å². The molecule has 0 atom stereocenters. The van der Waals surface area contributed by atoms with E-state index in [-0.39, 0.29) is 5.91 Å². The molecule has 0 aromatic rings. The molecule has 0 rings (SSSR count). The Kier molecular flexibility index (Phi) is 8.57. The van der Waals surface area contributed by atoms with E-state index >= 15 is 0 Å². The summed E-state index contributed by atoms with van der Waals surface area (Å²) in [5.41, 5.74) is 0. The van der Waals surface area contributed by atoms with Crippen LogP contribution < -0.4 is 10.6 Å². The maximum atomic E-state index is 11.2. The minimum absolute atomic E-state index is 0.0861. The van der Waals surface area contributed by atoms with Crippen LogP contribution in [0.4, 0.5) is 0 Å². The highest BCUT2D eigenvalue weighted by atomic mass is 16.1. The molecule has 14 heavy (non-hydrogen) atoms. The third-order valence-corrected chi connectivity index (χ3v) is 1.87. The second-order valence-corrected chi connectivity index (χ2v) is 3.68. The van der Waals surface area contributed by atoms with Crippen LogP contribution in [-0.4, -0.2) is 51.1 Å². The lowest BCUT2D eigenvalue weighted by Gasteiger charge is -2.10. The van der Waals surface area contributed by atoms with Crippen molar-refractivity contribution in [1.29, 1.82) is 0 Å². The van der Waals surface area contributed by atoms with Gasteiger partial charge in [-0.1, -0.05) is 13.3 Å². The normalized spacial score (nSPS) is 10.6. The van der Waals surface area contributed by atoms with Gasteiger partial charge in [-0.05, 0) is 27.1 Å². The number of amides is 1. The maximum Gasteiger partial charge on any atom is 0.234 e. The number of carbonyl (C=O) groups is 1. The van der Waals surface area contributed by atoms with Crippen LogP contribution >= 0.6 is 0 Å². The highest BCUT2D eigenvalue weighted by molar-refractivity contribution is 5.77. The minimum Gasteiger partial charge on any atom is -0.354 e. The fourth-order valence-electron chi connectivity index (χ4n) is 0.985. The lowest BCUT2D eigenvalue weighted by Crippen LogP contribution is -2.37. The molecule has 0 aromatic heterocycles. The number of nitrogens with one attached hydrogen (secondary N) is 2. The smallest absolute Gasteiger partial charge is 0.234 e. The van der Waals surface area contributed by atoms with Crippen LogP contribution in [0.15, 0.2) is 0 Å². The summed E-state index contributed by atoms with van der Waals surface area (Å²) in [6.45, 7) is 5.12. The van der Waals surface area contributed by atoms with Gasteiger partial charge in [0.05, 0.1) is 6.54 Å². The Balaban J connectivity index is 3.20. The Morgan fingerprint density at radius 3 is 2.57 bits per heavy atom. The van der Waals surface area contributed by atoms with Gasteiger partial charge < -0.3 is 15.5 Å². The summed E-state index contributed by atoms with van der Waals surface area (Å²) in [6, 6.07) is 0. The highest BCUT2D eigenvalue weighted by Gasteiger charge is 1.98. The fourth-order valence-corrected chi connectivity index (χ4v) is 0.985. The lowest BCUT2D eigenvalue weighted by molar-refractivity contribution is -0.120. The highest BCUT2D eigenvalue weighted by Crippen LogP contribution is 1.81. The first kappa shape index (κ1) is 13.4. The van der Waals surface area contributed by atoms with Gasteiger partial charge in [-0.3, -0.25) is 4.79 Å². The Morgan fingerprint density at radius 1 is 1.29 bits per heavy atom. The molecule has 4 heteroatoms. The van der Waals surface area contributed by atoms with Crippen molar-refractivity contribution in [2.45, 2.75) is 19.8 Å². The summed E-state index contributed by atoms with van der Waals surface area (Å²) in [5.74, 6) is 0.0861. The Hall–Kier alpha value is -0.610. The van der Waals surface area contributed by atoms with Crippen LogP contribution in [-0.2, 0) is 4.79 Å². The lowest BCUT2D eigenvalue weighted by atomic mass is 10.3. The van der Waals surface area contributed by atoms with Crippen LogP contribution in [0.2, 0.25) is 0 Å². The number of hydrogen-bond donors (Lipinski definition) is 2. The van der Waals surface area contributed by atoms with Crippen molar-refractivity contribution in [3.05, 3.63) is 0 Å². The average Bonchev–Trinajstić information content (AvgIpc) is 2.12. The first-order chi connectivity index (χ1) is 6.66. The number of nitrogens with zero attached hydrogens (tertiary/aromatic N) is 1. The fraction of sp³-hybridized carbons (Fsp3) is 0.900. The summed E-state index contributed by atoms with van der Waals surface area (Å²) in [6.07, 6.45) is 2.29. The number of likely N-dealkylation sites (N-methyl/N-ethyl adjacent to an activating group) is 1. The second-order valence-electron chi connectivity index (χ2n) is 3.68. The predicted molar refractivity (Wildman–Crippen MR) is 59.3 cm³/mol. The number of rotatable bonds is 8. The molecular formula is C10H23N3O. The Bertz CT molecular complexity index is 148. The van der Waals surface area contributed by atoms with E-state index < -0.39 is 0 Å². The monoisotopic (exact) mass is 201 g/mol. The standard InChI is InChI=1S/C10H23N3O/c1-4-5-6-11-9-10(14)12-7-8-13(2)3/h11H,4-9H2,1-3H3,(H,12,14). The molecule has 4 nitrogen and oxygen atoms in total. The van der Waals surface area contributed by atoms with E-state index in [1.807, 2.05) is 19.0 Å². The predicted octanol–water partition coefficient (Wildman–Crippen LogP) is 0.0539. The van der Waals surface area contributed by atoms with Gasteiger partial charge in [-0.15, -0.1) is 0 Å². The number of unbranched alkanes of at least 4 members (excludes halogenated alkanes) is 1. The van der Waals surface area contributed by atoms with Gasteiger partial charge in [0.25, 0.3) is 0 Å². The summed E-state index contributed by atoms with van der Waals surface area (Å²) in [7, 11) is 3.98. The largest absolute Gasteiger partial charge is 0.354 e. The molecule has 0 aliphatic carbocycles. The molecule has 1 amide bonds. The molecule has 0 saturated carbocycles. The van der Waals surface area contributed by atoms with Gasteiger partial charge in [0.1, 0.15) is 0 Å². The van der Waals surface area contributed by atoms with E-state index in [0.717, 1.165) is 32.5 Å². The molecule has 0 saturated heterocycles. The molecule has 0 aliphatic heterocycles. The molecule has 0 aromatic carbocycles. The molecule has 0 unspecified atom stereocenters. The molecule has 0 radical (unpaired) electrons. The molecule has 0 fully saturated rings. The van der Waals surface area contributed by atoms with E-state index in [9.17, 15) is 4.79 Å². The number of carbonyl (C=O) groups excluding carboxylic acids is 1. The first-order valence-electron chi connectivity index (χ1n) is 5.29.